The van der Waals surface area contributed by atoms with E-state index in [-0.39, 0.29) is 46.4 Å². The summed E-state index contributed by atoms with van der Waals surface area (Å²) < 4.78 is 42.6. The average Bonchev–Trinajstić information content (AvgIpc) is 0.777. The molecule has 6 aromatic rings. The Kier molecular flexibility index (Phi) is 25.2. The maximum absolute atomic E-state index is 7.74. The van der Waals surface area contributed by atoms with Crippen LogP contribution in [0.2, 0.25) is 0 Å². The van der Waals surface area contributed by atoms with E-state index in [1.165, 1.54) is 61.2 Å². The molecule has 0 aliphatic heterocycles. The summed E-state index contributed by atoms with van der Waals surface area (Å²) in [5.41, 5.74) is 19.3. The summed E-state index contributed by atoms with van der Waals surface area (Å²) in [5.74, 6) is 5.96. The van der Waals surface area contributed by atoms with Crippen molar-refractivity contribution in [3.8, 4) is 34.5 Å². The molecule has 2 atom stereocenters. The van der Waals surface area contributed by atoms with Crippen LogP contribution in [0.1, 0.15) is 329 Å². The van der Waals surface area contributed by atoms with Gasteiger partial charge in [0.25, 0.3) is 0 Å². The van der Waals surface area contributed by atoms with Crippen LogP contribution in [0, 0.1) is 62.3 Å². The monoisotopic (exact) mass is 1280 g/mol. The largest absolute Gasteiger partial charge is 0.490 e. The molecule has 0 radical (unpaired) electrons. The lowest BCUT2D eigenvalue weighted by molar-refractivity contribution is 0.0547. The quantitative estimate of drug-likeness (QED) is 0.0466. The molecule has 0 N–H and O–H groups in total. The second-order valence-electron chi connectivity index (χ2n) is 31.9. The predicted octanol–water partition coefficient (Wildman–Crippen LogP) is 25.5. The molecule has 6 rings (SSSR count). The second-order valence-corrected chi connectivity index (χ2v) is 31.9. The van der Waals surface area contributed by atoms with Gasteiger partial charge in [-0.05, 0) is 324 Å². The lowest BCUT2D eigenvalue weighted by Crippen LogP contribution is -2.33. The highest BCUT2D eigenvalue weighted by molar-refractivity contribution is 5.57. The van der Waals surface area contributed by atoms with Crippen molar-refractivity contribution in [1.29, 1.82) is 0 Å². The fourth-order valence-electron chi connectivity index (χ4n) is 14.7. The van der Waals surface area contributed by atoms with Crippen LogP contribution in [0.5, 0.6) is 34.5 Å². The van der Waals surface area contributed by atoms with Crippen LogP contribution in [0.15, 0.2) is 72.8 Å². The van der Waals surface area contributed by atoms with Gasteiger partial charge < -0.3 is 28.4 Å². The third kappa shape index (κ3) is 16.9. The van der Waals surface area contributed by atoms with Crippen LogP contribution < -0.4 is 28.4 Å². The summed E-state index contributed by atoms with van der Waals surface area (Å²) in [4.78, 5) is 0. The van der Waals surface area contributed by atoms with Crippen molar-refractivity contribution < 1.29 is 28.4 Å². The fraction of sp³-hybridized carbons (Fsp3) is 0.591. The third-order valence-electron chi connectivity index (χ3n) is 21.1. The Bertz CT molecular complexity index is 3310. The van der Waals surface area contributed by atoms with Crippen LogP contribution in [0.3, 0.4) is 0 Å². The van der Waals surface area contributed by atoms with Gasteiger partial charge >= 0.3 is 0 Å². The zero-order valence-electron chi connectivity index (χ0n) is 65.3. The molecule has 2 unspecified atom stereocenters. The van der Waals surface area contributed by atoms with Gasteiger partial charge in [-0.3, -0.25) is 0 Å². The maximum Gasteiger partial charge on any atom is 0.133 e. The van der Waals surface area contributed by atoms with Gasteiger partial charge in [-0.25, -0.2) is 0 Å². The Morgan fingerprint density at radius 2 is 0.606 bits per heavy atom. The van der Waals surface area contributed by atoms with E-state index >= 15 is 0 Å². The third-order valence-corrected chi connectivity index (χ3v) is 21.1. The number of ether oxygens (including phenoxy) is 6. The molecule has 0 aromatic heterocycles. The zero-order valence-corrected chi connectivity index (χ0v) is 65.3. The zero-order chi connectivity index (χ0) is 70.5. The van der Waals surface area contributed by atoms with Gasteiger partial charge in [0.1, 0.15) is 51.3 Å². The topological polar surface area (TPSA) is 55.4 Å². The SMILES string of the molecule is CCC(CC)Oc1c(C)cc(C(CC)(CC)Oc2cc(C)c(C(CC(C)c3cc(C(C)(C)C)c(OC(C)(CC)c4cc(C)c(OC(C)C)c(C)c4)cc3C)c3cc(C(C)(C)C)c(OC(CC)(CC)c4cc(C)c(OC(CC)CC)c(C)c4)cc3C)cc2C(C)(C)C)cc1C. The number of rotatable bonds is 29. The molecule has 0 aliphatic carbocycles. The Labute approximate surface area is 574 Å². The molecule has 6 nitrogen and oxygen atoms in total. The second kappa shape index (κ2) is 30.7. The molecule has 0 bridgehead atoms. The fourth-order valence-corrected chi connectivity index (χ4v) is 14.7. The average molecular weight is 1280 g/mol. The molecule has 0 fully saturated rings. The molecule has 94 heavy (non-hydrogen) atoms. The minimum absolute atomic E-state index is 0.00346. The highest BCUT2D eigenvalue weighted by Gasteiger charge is 2.39. The first-order valence-corrected chi connectivity index (χ1v) is 36.7. The Balaban J connectivity index is 1.60. The summed E-state index contributed by atoms with van der Waals surface area (Å²) >= 11 is 0. The van der Waals surface area contributed by atoms with Crippen molar-refractivity contribution in [1.82, 2.24) is 0 Å². The smallest absolute Gasteiger partial charge is 0.133 e. The van der Waals surface area contributed by atoms with Crippen molar-refractivity contribution in [2.45, 2.75) is 342 Å². The minimum Gasteiger partial charge on any atom is -0.490 e. The van der Waals surface area contributed by atoms with E-state index in [1.807, 2.05) is 0 Å². The first-order chi connectivity index (χ1) is 43.8. The van der Waals surface area contributed by atoms with E-state index in [0.717, 1.165) is 138 Å². The van der Waals surface area contributed by atoms with E-state index < -0.39 is 16.8 Å². The molecular weight excluding hydrogens is 1150 g/mol. The summed E-state index contributed by atoms with van der Waals surface area (Å²) in [6.07, 6.45) is 9.29. The molecule has 6 aromatic carbocycles. The van der Waals surface area contributed by atoms with E-state index in [1.54, 1.807) is 0 Å². The van der Waals surface area contributed by atoms with Gasteiger partial charge in [0.2, 0.25) is 0 Å². The Hall–Kier alpha value is -5.88. The summed E-state index contributed by atoms with van der Waals surface area (Å²) in [7, 11) is 0. The van der Waals surface area contributed by atoms with Crippen molar-refractivity contribution >= 4 is 0 Å². The van der Waals surface area contributed by atoms with E-state index in [0.29, 0.717) is 0 Å². The molecule has 518 valence electrons. The van der Waals surface area contributed by atoms with Gasteiger partial charge in [-0.2, -0.15) is 0 Å². The van der Waals surface area contributed by atoms with Gasteiger partial charge in [-0.15, -0.1) is 0 Å². The van der Waals surface area contributed by atoms with Crippen LogP contribution in [0.25, 0.3) is 0 Å². The van der Waals surface area contributed by atoms with Crippen LogP contribution in [-0.4, -0.2) is 18.3 Å². The summed E-state index contributed by atoms with van der Waals surface area (Å²) in [6, 6.07) is 28.6. The molecule has 0 heterocycles. The summed E-state index contributed by atoms with van der Waals surface area (Å²) in [5, 5.41) is 0. The lowest BCUT2D eigenvalue weighted by Gasteiger charge is -2.38. The van der Waals surface area contributed by atoms with Crippen LogP contribution >= 0.6 is 0 Å². The molecular formula is C88H130O6. The van der Waals surface area contributed by atoms with E-state index in [9.17, 15) is 0 Å². The number of benzene rings is 6. The Morgan fingerprint density at radius 3 is 0.894 bits per heavy atom. The standard InChI is InChI=1S/C88H130O6/c1-32-68(33-2)90-81-61(18)43-66(44-62(81)19)87(37-6,38-7)93-78-49-57(14)71(52-75(78)84(25,26)27)73(47-55(12)70-51-74(83(22,23)24)77(48-56(70)13)92-86(31,36-5)65-41-59(16)80(60(17)42-65)89-54(10)11)72-53-76(85(28,29)30)79(50-58(72)15)94-88(39-8,40-9)67-45-63(20)82(64(21)46-67)91-69(34-3)35-4/h41-46,48-55,68-69,73H,32-40,47H2,1-31H3. The molecule has 0 amide bonds. The predicted molar refractivity (Wildman–Crippen MR) is 402 cm³/mol. The van der Waals surface area contributed by atoms with Gasteiger partial charge in [0.15, 0.2) is 0 Å². The minimum atomic E-state index is -0.580. The number of aryl methyl sites for hydroxylation is 9. The van der Waals surface area contributed by atoms with Gasteiger partial charge in [0, 0.05) is 5.92 Å². The lowest BCUT2D eigenvalue weighted by atomic mass is 9.73. The maximum atomic E-state index is 7.74. The molecule has 0 saturated carbocycles. The molecule has 0 spiro atoms. The molecule has 0 aliphatic rings. The highest BCUT2D eigenvalue weighted by Crippen LogP contribution is 2.51. The van der Waals surface area contributed by atoms with Gasteiger partial charge in [0.05, 0.1) is 18.3 Å². The van der Waals surface area contributed by atoms with Crippen LogP contribution in [0.4, 0.5) is 0 Å². The van der Waals surface area contributed by atoms with Crippen LogP contribution in [-0.2, 0) is 33.0 Å². The van der Waals surface area contributed by atoms with E-state index in [4.69, 9.17) is 28.4 Å². The normalized spacial score (nSPS) is 13.7. The summed E-state index contributed by atoms with van der Waals surface area (Å²) in [6.45, 7) is 70.3. The van der Waals surface area contributed by atoms with Crippen molar-refractivity contribution in [2.24, 2.45) is 0 Å². The molecule has 6 heteroatoms. The highest BCUT2D eigenvalue weighted by atomic mass is 16.5. The number of hydrogen-bond donors (Lipinski definition) is 0. The first-order valence-electron chi connectivity index (χ1n) is 36.7. The number of hydrogen-bond acceptors (Lipinski definition) is 6. The first kappa shape index (κ1) is 77.1. The molecule has 0 saturated heterocycles. The Morgan fingerprint density at radius 1 is 0.319 bits per heavy atom. The van der Waals surface area contributed by atoms with Crippen molar-refractivity contribution in [2.75, 3.05) is 0 Å². The van der Waals surface area contributed by atoms with Crippen molar-refractivity contribution in [3.05, 3.63) is 173 Å². The van der Waals surface area contributed by atoms with E-state index in [2.05, 4.69) is 287 Å². The van der Waals surface area contributed by atoms with Crippen molar-refractivity contribution in [3.63, 3.8) is 0 Å². The van der Waals surface area contributed by atoms with Gasteiger partial charge in [-0.1, -0.05) is 150 Å².